The molecule has 6 heteroatoms. The van der Waals surface area contributed by atoms with Crippen molar-refractivity contribution in [2.24, 2.45) is 0 Å². The van der Waals surface area contributed by atoms with Crippen molar-refractivity contribution in [3.63, 3.8) is 0 Å². The Hall–Kier alpha value is -0.940. The molecule has 0 atom stereocenters. The van der Waals surface area contributed by atoms with E-state index in [4.69, 9.17) is 11.6 Å². The highest BCUT2D eigenvalue weighted by atomic mass is 79.9. The number of rotatable bonds is 3. The van der Waals surface area contributed by atoms with E-state index in [-0.39, 0.29) is 16.1 Å². The van der Waals surface area contributed by atoms with Crippen LogP contribution in [0.15, 0.2) is 16.6 Å². The van der Waals surface area contributed by atoms with Gasteiger partial charge in [-0.25, -0.2) is 9.18 Å². The van der Waals surface area contributed by atoms with Crippen molar-refractivity contribution < 1.29 is 18.7 Å². The SMILES string of the molecule is CCOC(=O)C(=O)c1c(Cl)ccc(Br)c1F. The molecule has 0 bridgehead atoms. The molecule has 0 heterocycles. The second-order valence-electron chi connectivity index (χ2n) is 2.77. The quantitative estimate of drug-likeness (QED) is 0.373. The van der Waals surface area contributed by atoms with Gasteiger partial charge in [0, 0.05) is 0 Å². The summed E-state index contributed by atoms with van der Waals surface area (Å²) in [6.45, 7) is 1.59. The third-order valence-electron chi connectivity index (χ3n) is 1.73. The molecular formula is C10H7BrClFO3. The monoisotopic (exact) mass is 308 g/mol. The van der Waals surface area contributed by atoms with Gasteiger partial charge in [0.15, 0.2) is 0 Å². The Balaban J connectivity index is 3.18. The molecule has 0 radical (unpaired) electrons. The maximum absolute atomic E-state index is 13.6. The van der Waals surface area contributed by atoms with Crippen LogP contribution in [-0.4, -0.2) is 18.4 Å². The van der Waals surface area contributed by atoms with Crippen molar-refractivity contribution in [3.8, 4) is 0 Å². The predicted octanol–water partition coefficient (Wildman–Crippen LogP) is 2.99. The number of esters is 1. The van der Waals surface area contributed by atoms with E-state index >= 15 is 0 Å². The molecule has 0 aromatic heterocycles. The van der Waals surface area contributed by atoms with E-state index in [1.807, 2.05) is 0 Å². The van der Waals surface area contributed by atoms with Crippen LogP contribution < -0.4 is 0 Å². The lowest BCUT2D eigenvalue weighted by Crippen LogP contribution is -2.19. The van der Waals surface area contributed by atoms with E-state index in [1.54, 1.807) is 6.92 Å². The Bertz CT molecular complexity index is 448. The van der Waals surface area contributed by atoms with Gasteiger partial charge in [0.2, 0.25) is 0 Å². The minimum atomic E-state index is -1.12. The average molecular weight is 310 g/mol. The first-order valence-electron chi connectivity index (χ1n) is 4.34. The van der Waals surface area contributed by atoms with E-state index < -0.39 is 23.1 Å². The molecule has 0 aliphatic carbocycles. The topological polar surface area (TPSA) is 43.4 Å². The summed E-state index contributed by atoms with van der Waals surface area (Å²) < 4.78 is 18.1. The molecule has 0 saturated carbocycles. The van der Waals surface area contributed by atoms with Crippen LogP contribution in [0.1, 0.15) is 17.3 Å². The summed E-state index contributed by atoms with van der Waals surface area (Å²) in [5.74, 6) is -3.09. The molecule has 0 spiro atoms. The summed E-state index contributed by atoms with van der Waals surface area (Å²) in [4.78, 5) is 22.7. The Morgan fingerprint density at radius 3 is 2.69 bits per heavy atom. The Kier molecular flexibility index (Phi) is 4.44. The van der Waals surface area contributed by atoms with Crippen LogP contribution in [0.3, 0.4) is 0 Å². The van der Waals surface area contributed by atoms with Crippen molar-refractivity contribution in [1.29, 1.82) is 0 Å². The van der Waals surface area contributed by atoms with Gasteiger partial charge in [-0.15, -0.1) is 0 Å². The fraction of sp³-hybridized carbons (Fsp3) is 0.200. The predicted molar refractivity (Wildman–Crippen MR) is 60.1 cm³/mol. The summed E-state index contributed by atoms with van der Waals surface area (Å²) >= 11 is 8.55. The van der Waals surface area contributed by atoms with Gasteiger partial charge >= 0.3 is 5.97 Å². The number of benzene rings is 1. The van der Waals surface area contributed by atoms with Crippen molar-refractivity contribution in [2.45, 2.75) is 6.92 Å². The standard InChI is InChI=1S/C10H7BrClFO3/c1-2-16-10(15)9(14)7-6(12)4-3-5(11)8(7)13/h3-4H,2H2,1H3. The number of carbonyl (C=O) groups is 2. The van der Waals surface area contributed by atoms with Crippen LogP contribution in [0.4, 0.5) is 4.39 Å². The molecule has 1 aromatic carbocycles. The highest BCUT2D eigenvalue weighted by Gasteiger charge is 2.25. The molecule has 0 amide bonds. The number of ether oxygens (including phenoxy) is 1. The highest BCUT2D eigenvalue weighted by molar-refractivity contribution is 9.10. The summed E-state index contributed by atoms with van der Waals surface area (Å²) in [7, 11) is 0. The van der Waals surface area contributed by atoms with Gasteiger partial charge in [-0.1, -0.05) is 11.6 Å². The summed E-state index contributed by atoms with van der Waals surface area (Å²) in [6, 6.07) is 2.67. The first-order valence-corrected chi connectivity index (χ1v) is 5.51. The molecule has 0 N–H and O–H groups in total. The molecule has 16 heavy (non-hydrogen) atoms. The normalized spacial score (nSPS) is 10.0. The fourth-order valence-corrected chi connectivity index (χ4v) is 1.60. The minimum absolute atomic E-state index is 0.0395. The maximum Gasteiger partial charge on any atom is 0.379 e. The Morgan fingerprint density at radius 1 is 1.50 bits per heavy atom. The molecule has 0 aliphatic rings. The molecule has 1 rings (SSSR count). The molecular weight excluding hydrogens is 302 g/mol. The lowest BCUT2D eigenvalue weighted by atomic mass is 10.1. The molecule has 0 fully saturated rings. The molecule has 3 nitrogen and oxygen atoms in total. The number of Topliss-reactive ketones (excluding diaryl/α,β-unsaturated/α-hetero) is 1. The van der Waals surface area contributed by atoms with Crippen molar-refractivity contribution in [3.05, 3.63) is 33.0 Å². The van der Waals surface area contributed by atoms with E-state index in [9.17, 15) is 14.0 Å². The minimum Gasteiger partial charge on any atom is -0.460 e. The van der Waals surface area contributed by atoms with Crippen molar-refractivity contribution >= 4 is 39.3 Å². The lowest BCUT2D eigenvalue weighted by Gasteiger charge is -2.05. The average Bonchev–Trinajstić information content (AvgIpc) is 2.24. The Labute approximate surface area is 105 Å². The number of halogens is 3. The largest absolute Gasteiger partial charge is 0.460 e. The van der Waals surface area contributed by atoms with E-state index in [0.29, 0.717) is 0 Å². The molecule has 0 aliphatic heterocycles. The molecule has 0 unspecified atom stereocenters. The Morgan fingerprint density at radius 2 is 2.12 bits per heavy atom. The van der Waals surface area contributed by atoms with Gasteiger partial charge in [-0.2, -0.15) is 0 Å². The summed E-state index contributed by atoms with van der Waals surface area (Å²) in [5.41, 5.74) is -0.477. The van der Waals surface area contributed by atoms with Crippen LogP contribution >= 0.6 is 27.5 Å². The number of carbonyl (C=O) groups excluding carboxylic acids is 2. The maximum atomic E-state index is 13.6. The number of hydrogen-bond acceptors (Lipinski definition) is 3. The number of ketones is 1. The van der Waals surface area contributed by atoms with Crippen molar-refractivity contribution in [2.75, 3.05) is 6.61 Å². The van der Waals surface area contributed by atoms with E-state index in [1.165, 1.54) is 12.1 Å². The zero-order valence-corrected chi connectivity index (χ0v) is 10.6. The molecule has 0 saturated heterocycles. The van der Waals surface area contributed by atoms with Gasteiger partial charge in [-0.3, -0.25) is 4.79 Å². The molecule has 86 valence electrons. The van der Waals surface area contributed by atoms with Crippen LogP contribution in [0.2, 0.25) is 5.02 Å². The van der Waals surface area contributed by atoms with Gasteiger partial charge in [0.1, 0.15) is 5.82 Å². The lowest BCUT2D eigenvalue weighted by molar-refractivity contribution is -0.137. The zero-order valence-electron chi connectivity index (χ0n) is 8.22. The molecule has 1 aromatic rings. The van der Waals surface area contributed by atoms with Gasteiger partial charge in [0.05, 0.1) is 21.7 Å². The summed E-state index contributed by atoms with van der Waals surface area (Å²) in [5, 5.41) is -0.126. The smallest absolute Gasteiger partial charge is 0.379 e. The first-order chi connectivity index (χ1) is 7.49. The third-order valence-corrected chi connectivity index (χ3v) is 2.66. The van der Waals surface area contributed by atoms with Crippen LogP contribution in [-0.2, 0) is 9.53 Å². The summed E-state index contributed by atoms with van der Waals surface area (Å²) in [6.07, 6.45) is 0. The third kappa shape index (κ3) is 2.59. The van der Waals surface area contributed by atoms with Crippen LogP contribution in [0.5, 0.6) is 0 Å². The first kappa shape index (κ1) is 13.1. The van der Waals surface area contributed by atoms with Crippen molar-refractivity contribution in [1.82, 2.24) is 0 Å². The van der Waals surface area contributed by atoms with Gasteiger partial charge in [-0.05, 0) is 35.0 Å². The van der Waals surface area contributed by atoms with Crippen LogP contribution in [0.25, 0.3) is 0 Å². The van der Waals surface area contributed by atoms with Gasteiger partial charge < -0.3 is 4.74 Å². The number of hydrogen-bond donors (Lipinski definition) is 0. The van der Waals surface area contributed by atoms with E-state index in [0.717, 1.165) is 0 Å². The second kappa shape index (κ2) is 5.41. The van der Waals surface area contributed by atoms with E-state index in [2.05, 4.69) is 20.7 Å². The van der Waals surface area contributed by atoms with Gasteiger partial charge in [0.25, 0.3) is 5.78 Å². The fourth-order valence-electron chi connectivity index (χ4n) is 1.03. The van der Waals surface area contributed by atoms with Crippen LogP contribution in [0, 0.1) is 5.82 Å². The second-order valence-corrected chi connectivity index (χ2v) is 4.03. The zero-order chi connectivity index (χ0) is 12.3. The highest BCUT2D eigenvalue weighted by Crippen LogP contribution is 2.26.